The monoisotopic (exact) mass is 522 g/mol. The van der Waals surface area contributed by atoms with Crippen LogP contribution in [-0.4, -0.2) is 34.8 Å². The van der Waals surface area contributed by atoms with Crippen molar-refractivity contribution in [1.29, 1.82) is 0 Å². The summed E-state index contributed by atoms with van der Waals surface area (Å²) in [6.07, 6.45) is -0.677. The first kappa shape index (κ1) is 21.6. The lowest BCUT2D eigenvalue weighted by atomic mass is 9.98. The van der Waals surface area contributed by atoms with Crippen molar-refractivity contribution in [3.05, 3.63) is 87.3 Å². The third-order valence-corrected chi connectivity index (χ3v) is 7.24. The van der Waals surface area contributed by atoms with E-state index in [0.29, 0.717) is 5.01 Å². The Bertz CT molecular complexity index is 1320. The van der Waals surface area contributed by atoms with Gasteiger partial charge in [-0.15, -0.1) is 11.3 Å². The number of hydrogen-bond acceptors (Lipinski definition) is 5. The molecule has 1 aliphatic rings. The summed E-state index contributed by atoms with van der Waals surface area (Å²) in [5.74, 6) is -1.22. The van der Waals surface area contributed by atoms with Crippen LogP contribution in [0, 0.1) is 0 Å². The number of thiazole rings is 1. The van der Waals surface area contributed by atoms with Crippen LogP contribution in [0.1, 0.15) is 22.1 Å². The normalized spacial score (nSPS) is 13.4. The maximum Gasteiger partial charge on any atom is 0.407 e. The zero-order chi connectivity index (χ0) is 22.9. The van der Waals surface area contributed by atoms with E-state index in [1.54, 1.807) is 0 Å². The molecule has 1 aliphatic carbocycles. The van der Waals surface area contributed by atoms with E-state index in [9.17, 15) is 14.7 Å². The average Bonchev–Trinajstić information content (AvgIpc) is 3.35. The molecule has 8 heteroatoms. The molecule has 4 aromatic rings. The van der Waals surface area contributed by atoms with Gasteiger partial charge in [-0.2, -0.15) is 0 Å². The summed E-state index contributed by atoms with van der Waals surface area (Å²) in [4.78, 5) is 28.8. The highest BCUT2D eigenvalue weighted by molar-refractivity contribution is 9.10. The molecule has 0 spiro atoms. The second-order valence-electron chi connectivity index (χ2n) is 7.78. The van der Waals surface area contributed by atoms with Crippen molar-refractivity contribution >= 4 is 49.5 Å². The highest BCUT2D eigenvalue weighted by atomic mass is 79.9. The van der Waals surface area contributed by atoms with Gasteiger partial charge < -0.3 is 15.2 Å². The van der Waals surface area contributed by atoms with E-state index in [4.69, 9.17) is 4.74 Å². The number of benzene rings is 3. The summed E-state index contributed by atoms with van der Waals surface area (Å²) >= 11 is 4.83. The van der Waals surface area contributed by atoms with Gasteiger partial charge in [0, 0.05) is 16.8 Å². The third-order valence-electron chi connectivity index (χ3n) is 5.71. The number of rotatable bonds is 6. The predicted octanol–water partition coefficient (Wildman–Crippen LogP) is 5.59. The third kappa shape index (κ3) is 4.36. The highest BCUT2D eigenvalue weighted by Crippen LogP contribution is 2.44. The van der Waals surface area contributed by atoms with Gasteiger partial charge in [0.05, 0.1) is 15.2 Å². The summed E-state index contributed by atoms with van der Waals surface area (Å²) < 4.78 is 7.37. The number of hydrogen-bond donors (Lipinski definition) is 2. The predicted molar refractivity (Wildman–Crippen MR) is 131 cm³/mol. The number of aromatic nitrogens is 1. The molecular formula is C25H19BrN2O4S. The number of aliphatic carboxylic acids is 1. The first-order chi connectivity index (χ1) is 16.0. The molecule has 2 N–H and O–H groups in total. The number of carboxylic acids is 1. The van der Waals surface area contributed by atoms with Crippen molar-refractivity contribution < 1.29 is 19.4 Å². The summed E-state index contributed by atoms with van der Waals surface area (Å²) in [5, 5.41) is 12.8. The molecular weight excluding hydrogens is 504 g/mol. The Morgan fingerprint density at radius 2 is 1.73 bits per heavy atom. The Kier molecular flexibility index (Phi) is 5.86. The van der Waals surface area contributed by atoms with Crippen molar-refractivity contribution in [1.82, 2.24) is 10.3 Å². The number of carbonyl (C=O) groups is 2. The number of nitrogens with one attached hydrogen (secondary N) is 1. The fourth-order valence-corrected chi connectivity index (χ4v) is 5.76. The molecule has 0 fully saturated rings. The molecule has 0 aliphatic heterocycles. The van der Waals surface area contributed by atoms with Crippen LogP contribution in [0.15, 0.2) is 71.2 Å². The molecule has 6 nitrogen and oxygen atoms in total. The standard InChI is InChI=1S/C25H19BrN2O4S/c26-14-9-10-20-22(11-14)33-23(27-20)12-21(24(29)30)28-25(31)32-13-19-17-7-3-1-5-15(17)16-6-2-4-8-18(16)19/h1-11,19,21H,12-13H2,(H,28,31)(H,29,30)/t21-/m0/s1. The van der Waals surface area contributed by atoms with E-state index in [0.717, 1.165) is 36.9 Å². The number of nitrogens with zero attached hydrogens (tertiary/aromatic N) is 1. The van der Waals surface area contributed by atoms with Crippen LogP contribution in [0.5, 0.6) is 0 Å². The van der Waals surface area contributed by atoms with Crippen molar-refractivity contribution in [3.63, 3.8) is 0 Å². The number of carboxylic acid groups (broad SMARTS) is 1. The van der Waals surface area contributed by atoms with E-state index >= 15 is 0 Å². The largest absolute Gasteiger partial charge is 0.480 e. The minimum atomic E-state index is -1.14. The summed E-state index contributed by atoms with van der Waals surface area (Å²) in [7, 11) is 0. The Morgan fingerprint density at radius 3 is 2.39 bits per heavy atom. The SMILES string of the molecule is O=C(N[C@@H](Cc1nc2ccc(Br)cc2s1)C(=O)O)OCC1c2ccccc2-c2ccccc21. The van der Waals surface area contributed by atoms with Crippen LogP contribution in [0.4, 0.5) is 4.79 Å². The molecule has 166 valence electrons. The molecule has 0 bridgehead atoms. The lowest BCUT2D eigenvalue weighted by molar-refractivity contribution is -0.139. The fourth-order valence-electron chi connectivity index (χ4n) is 4.19. The van der Waals surface area contributed by atoms with E-state index < -0.39 is 18.1 Å². The number of amides is 1. The average molecular weight is 523 g/mol. The number of halogens is 1. The molecule has 5 rings (SSSR count). The number of alkyl carbamates (subject to hydrolysis) is 1. The molecule has 1 aromatic heterocycles. The number of ether oxygens (including phenoxy) is 1. The maximum absolute atomic E-state index is 12.5. The Morgan fingerprint density at radius 1 is 1.06 bits per heavy atom. The highest BCUT2D eigenvalue weighted by Gasteiger charge is 2.30. The molecule has 0 saturated heterocycles. The van der Waals surface area contributed by atoms with Crippen LogP contribution in [0.3, 0.4) is 0 Å². The van der Waals surface area contributed by atoms with Crippen LogP contribution in [-0.2, 0) is 16.0 Å². The molecule has 33 heavy (non-hydrogen) atoms. The topological polar surface area (TPSA) is 88.5 Å². The molecule has 1 atom stereocenters. The van der Waals surface area contributed by atoms with Crippen molar-refractivity contribution in [3.8, 4) is 11.1 Å². The Balaban J connectivity index is 1.27. The van der Waals surface area contributed by atoms with Gasteiger partial charge in [-0.25, -0.2) is 14.6 Å². The van der Waals surface area contributed by atoms with Crippen molar-refractivity contribution in [2.45, 2.75) is 18.4 Å². The van der Waals surface area contributed by atoms with Gasteiger partial charge >= 0.3 is 12.1 Å². The van der Waals surface area contributed by atoms with Crippen molar-refractivity contribution in [2.24, 2.45) is 0 Å². The van der Waals surface area contributed by atoms with Gasteiger partial charge in [0.2, 0.25) is 0 Å². The lowest BCUT2D eigenvalue weighted by Gasteiger charge is -2.17. The summed E-state index contributed by atoms with van der Waals surface area (Å²) in [6, 6.07) is 20.7. The lowest BCUT2D eigenvalue weighted by Crippen LogP contribution is -2.42. The van der Waals surface area contributed by atoms with Gasteiger partial charge in [-0.1, -0.05) is 64.5 Å². The zero-order valence-corrected chi connectivity index (χ0v) is 19.7. The molecule has 0 saturated carbocycles. The fraction of sp³-hybridized carbons (Fsp3) is 0.160. The first-order valence-corrected chi connectivity index (χ1v) is 12.0. The number of carbonyl (C=O) groups excluding carboxylic acids is 1. The quantitative estimate of drug-likeness (QED) is 0.344. The van der Waals surface area contributed by atoms with E-state index in [2.05, 4.69) is 38.4 Å². The van der Waals surface area contributed by atoms with Crippen LogP contribution < -0.4 is 5.32 Å². The zero-order valence-electron chi connectivity index (χ0n) is 17.3. The minimum absolute atomic E-state index is 0.0799. The van der Waals surface area contributed by atoms with Gasteiger partial charge in [-0.05, 0) is 40.5 Å². The molecule has 1 amide bonds. The van der Waals surface area contributed by atoms with Crippen LogP contribution in [0.25, 0.3) is 21.3 Å². The van der Waals surface area contributed by atoms with Gasteiger partial charge in [0.25, 0.3) is 0 Å². The summed E-state index contributed by atoms with van der Waals surface area (Å²) in [5.41, 5.74) is 5.26. The summed E-state index contributed by atoms with van der Waals surface area (Å²) in [6.45, 7) is 0.126. The van der Waals surface area contributed by atoms with Crippen LogP contribution >= 0.6 is 27.3 Å². The molecule has 0 radical (unpaired) electrons. The maximum atomic E-state index is 12.5. The van der Waals surface area contributed by atoms with Gasteiger partial charge in [-0.3, -0.25) is 0 Å². The Labute approximate surface area is 202 Å². The van der Waals surface area contributed by atoms with Gasteiger partial charge in [0.1, 0.15) is 12.6 Å². The first-order valence-electron chi connectivity index (χ1n) is 10.4. The van der Waals surface area contributed by atoms with E-state index in [-0.39, 0.29) is 18.9 Å². The second-order valence-corrected chi connectivity index (χ2v) is 9.82. The van der Waals surface area contributed by atoms with E-state index in [1.165, 1.54) is 11.3 Å². The smallest absolute Gasteiger partial charge is 0.407 e. The van der Waals surface area contributed by atoms with E-state index in [1.807, 2.05) is 54.6 Å². The molecule has 0 unspecified atom stereocenters. The second kappa shape index (κ2) is 8.96. The minimum Gasteiger partial charge on any atom is -0.480 e. The van der Waals surface area contributed by atoms with Crippen LogP contribution in [0.2, 0.25) is 0 Å². The van der Waals surface area contributed by atoms with Gasteiger partial charge in [0.15, 0.2) is 0 Å². The number of fused-ring (bicyclic) bond motifs is 4. The Hall–Kier alpha value is -3.23. The molecule has 3 aromatic carbocycles. The van der Waals surface area contributed by atoms with Crippen molar-refractivity contribution in [2.75, 3.05) is 6.61 Å². The molecule has 1 heterocycles.